The molecule has 0 radical (unpaired) electrons. The molecule has 1 rings (SSSR count). The van der Waals surface area contributed by atoms with E-state index in [9.17, 15) is 4.79 Å². The van der Waals surface area contributed by atoms with Gasteiger partial charge in [0, 0.05) is 13.2 Å². The third-order valence-corrected chi connectivity index (χ3v) is 2.37. The van der Waals surface area contributed by atoms with E-state index in [1.807, 2.05) is 0 Å². The van der Waals surface area contributed by atoms with Gasteiger partial charge in [-0.1, -0.05) is 0 Å². The van der Waals surface area contributed by atoms with Gasteiger partial charge in [0.1, 0.15) is 5.54 Å². The molecular weight excluding hydrogens is 158 g/mol. The summed E-state index contributed by atoms with van der Waals surface area (Å²) in [5, 5.41) is 11.9. The molecule has 1 aliphatic rings. The van der Waals surface area contributed by atoms with Crippen molar-refractivity contribution in [2.45, 2.75) is 18.9 Å². The zero-order valence-electron chi connectivity index (χ0n) is 7.46. The molecule has 1 heterocycles. The van der Waals surface area contributed by atoms with E-state index in [1.165, 1.54) is 7.11 Å². The molecule has 0 amide bonds. The Hall–Kier alpha value is -0.610. The van der Waals surface area contributed by atoms with Gasteiger partial charge < -0.3 is 15.2 Å². The van der Waals surface area contributed by atoms with Gasteiger partial charge >= 0.3 is 5.97 Å². The molecule has 4 heteroatoms. The predicted octanol–water partition coefficient (Wildman–Crippen LogP) is -0.480. The Bertz CT molecular complexity index is 183. The molecule has 4 nitrogen and oxygen atoms in total. The van der Waals surface area contributed by atoms with Crippen LogP contribution in [-0.4, -0.2) is 36.9 Å². The van der Waals surface area contributed by atoms with Crippen LogP contribution in [0.3, 0.4) is 0 Å². The molecule has 1 unspecified atom stereocenters. The molecule has 0 saturated carbocycles. The van der Waals surface area contributed by atoms with Crippen molar-refractivity contribution in [1.29, 1.82) is 0 Å². The molecule has 0 aliphatic carbocycles. The van der Waals surface area contributed by atoms with E-state index in [-0.39, 0.29) is 18.5 Å². The van der Waals surface area contributed by atoms with Gasteiger partial charge in [-0.2, -0.15) is 0 Å². The van der Waals surface area contributed by atoms with Crippen LogP contribution in [0.15, 0.2) is 0 Å². The fourth-order valence-electron chi connectivity index (χ4n) is 1.60. The molecule has 1 aliphatic heterocycles. The number of esters is 1. The number of carbonyl (C=O) groups excluding carboxylic acids is 1. The molecule has 1 fully saturated rings. The minimum Gasteiger partial charge on any atom is -0.468 e. The first-order valence-corrected chi connectivity index (χ1v) is 4.06. The van der Waals surface area contributed by atoms with Crippen LogP contribution in [0.1, 0.15) is 13.3 Å². The van der Waals surface area contributed by atoms with Crippen LogP contribution in [0.2, 0.25) is 0 Å². The van der Waals surface area contributed by atoms with Crippen molar-refractivity contribution in [2.24, 2.45) is 5.92 Å². The van der Waals surface area contributed by atoms with Gasteiger partial charge in [-0.3, -0.25) is 4.79 Å². The van der Waals surface area contributed by atoms with Gasteiger partial charge in [0.2, 0.25) is 0 Å². The van der Waals surface area contributed by atoms with E-state index in [4.69, 9.17) is 5.11 Å². The average Bonchev–Trinajstić information content (AvgIpc) is 2.47. The molecule has 2 N–H and O–H groups in total. The summed E-state index contributed by atoms with van der Waals surface area (Å²) in [6.45, 7) is 2.61. The molecule has 2 atom stereocenters. The number of methoxy groups -OCH3 is 1. The van der Waals surface area contributed by atoms with E-state index in [1.54, 1.807) is 6.92 Å². The molecule has 1 saturated heterocycles. The van der Waals surface area contributed by atoms with E-state index in [0.717, 1.165) is 0 Å². The summed E-state index contributed by atoms with van der Waals surface area (Å²) in [4.78, 5) is 11.2. The van der Waals surface area contributed by atoms with E-state index in [0.29, 0.717) is 13.0 Å². The van der Waals surface area contributed by atoms with Crippen molar-refractivity contribution in [2.75, 3.05) is 20.3 Å². The van der Waals surface area contributed by atoms with Crippen LogP contribution in [0.25, 0.3) is 0 Å². The first-order valence-electron chi connectivity index (χ1n) is 4.06. The van der Waals surface area contributed by atoms with Crippen molar-refractivity contribution in [1.82, 2.24) is 5.32 Å². The van der Waals surface area contributed by atoms with Crippen molar-refractivity contribution in [3.8, 4) is 0 Å². The normalized spacial score (nSPS) is 35.1. The van der Waals surface area contributed by atoms with Crippen molar-refractivity contribution < 1.29 is 14.6 Å². The van der Waals surface area contributed by atoms with Crippen LogP contribution in [-0.2, 0) is 9.53 Å². The number of ether oxygens (including phenoxy) is 1. The van der Waals surface area contributed by atoms with Gasteiger partial charge in [0.05, 0.1) is 7.11 Å². The zero-order valence-corrected chi connectivity index (χ0v) is 7.46. The van der Waals surface area contributed by atoms with Gasteiger partial charge in [-0.15, -0.1) is 0 Å². The molecule has 12 heavy (non-hydrogen) atoms. The summed E-state index contributed by atoms with van der Waals surface area (Å²) in [5.74, 6) is -0.0763. The second-order valence-electron chi connectivity index (χ2n) is 3.46. The Morgan fingerprint density at radius 1 is 1.83 bits per heavy atom. The fraction of sp³-hybridized carbons (Fsp3) is 0.875. The number of carbonyl (C=O) groups is 1. The Labute approximate surface area is 71.9 Å². The second-order valence-corrected chi connectivity index (χ2v) is 3.46. The third-order valence-electron chi connectivity index (χ3n) is 2.37. The van der Waals surface area contributed by atoms with E-state index < -0.39 is 5.54 Å². The van der Waals surface area contributed by atoms with Crippen molar-refractivity contribution in [3.05, 3.63) is 0 Å². The smallest absolute Gasteiger partial charge is 0.325 e. The lowest BCUT2D eigenvalue weighted by atomic mass is 9.95. The van der Waals surface area contributed by atoms with Crippen molar-refractivity contribution in [3.63, 3.8) is 0 Å². The fourth-order valence-corrected chi connectivity index (χ4v) is 1.60. The molecule has 0 bridgehead atoms. The molecule has 0 aromatic rings. The van der Waals surface area contributed by atoms with Crippen LogP contribution >= 0.6 is 0 Å². The minimum atomic E-state index is -0.595. The van der Waals surface area contributed by atoms with Gasteiger partial charge in [0.25, 0.3) is 0 Å². The number of rotatable bonds is 2. The lowest BCUT2D eigenvalue weighted by Crippen LogP contribution is -2.45. The largest absolute Gasteiger partial charge is 0.468 e. The first kappa shape index (κ1) is 9.48. The highest BCUT2D eigenvalue weighted by Crippen LogP contribution is 2.24. The summed E-state index contributed by atoms with van der Waals surface area (Å²) < 4.78 is 4.65. The first-order chi connectivity index (χ1) is 5.62. The number of hydrogen-bond acceptors (Lipinski definition) is 4. The summed E-state index contributed by atoms with van der Waals surface area (Å²) in [6, 6.07) is 0. The molecule has 0 aromatic carbocycles. The maximum atomic E-state index is 11.2. The zero-order chi connectivity index (χ0) is 9.19. The topological polar surface area (TPSA) is 58.6 Å². The molecule has 0 spiro atoms. The van der Waals surface area contributed by atoms with Gasteiger partial charge in [-0.25, -0.2) is 0 Å². The van der Waals surface area contributed by atoms with Gasteiger partial charge in [-0.05, 0) is 19.3 Å². The van der Waals surface area contributed by atoms with E-state index in [2.05, 4.69) is 10.1 Å². The molecular formula is C8H15NO3. The maximum absolute atomic E-state index is 11.2. The Morgan fingerprint density at radius 2 is 2.50 bits per heavy atom. The van der Waals surface area contributed by atoms with E-state index >= 15 is 0 Å². The SMILES string of the molecule is COC(=O)C1(C)C[C@H](CO)CN1. The van der Waals surface area contributed by atoms with Crippen LogP contribution in [0, 0.1) is 5.92 Å². The summed E-state index contributed by atoms with van der Waals surface area (Å²) >= 11 is 0. The average molecular weight is 173 g/mol. The number of aliphatic hydroxyl groups excluding tert-OH is 1. The number of nitrogens with one attached hydrogen (secondary N) is 1. The minimum absolute atomic E-state index is 0.125. The third kappa shape index (κ3) is 1.59. The van der Waals surface area contributed by atoms with Crippen LogP contribution in [0.5, 0.6) is 0 Å². The summed E-state index contributed by atoms with van der Waals surface area (Å²) in [6.07, 6.45) is 0.649. The number of hydrogen-bond donors (Lipinski definition) is 2. The standard InChI is InChI=1S/C8H15NO3/c1-8(7(11)12-2)3-6(5-10)4-9-8/h6,9-10H,3-5H2,1-2H3/t6-,8?/m0/s1. The predicted molar refractivity (Wildman–Crippen MR) is 43.6 cm³/mol. The van der Waals surface area contributed by atoms with Crippen molar-refractivity contribution >= 4 is 5.97 Å². The van der Waals surface area contributed by atoms with Crippen LogP contribution < -0.4 is 5.32 Å². The molecule has 70 valence electrons. The highest BCUT2D eigenvalue weighted by atomic mass is 16.5. The monoisotopic (exact) mass is 173 g/mol. The highest BCUT2D eigenvalue weighted by molar-refractivity contribution is 5.80. The lowest BCUT2D eigenvalue weighted by Gasteiger charge is -2.20. The summed E-state index contributed by atoms with van der Waals surface area (Å²) in [5.41, 5.74) is -0.595. The number of aliphatic hydroxyl groups is 1. The molecule has 0 aromatic heterocycles. The second kappa shape index (κ2) is 3.41. The Kier molecular flexibility index (Phi) is 2.69. The Balaban J connectivity index is 2.57. The summed E-state index contributed by atoms with van der Waals surface area (Å²) in [7, 11) is 1.38. The highest BCUT2D eigenvalue weighted by Gasteiger charge is 2.41. The quantitative estimate of drug-likeness (QED) is 0.554. The lowest BCUT2D eigenvalue weighted by molar-refractivity contribution is -0.147. The Morgan fingerprint density at radius 3 is 2.92 bits per heavy atom. The van der Waals surface area contributed by atoms with Crippen LogP contribution in [0.4, 0.5) is 0 Å². The van der Waals surface area contributed by atoms with Gasteiger partial charge in [0.15, 0.2) is 0 Å². The maximum Gasteiger partial charge on any atom is 0.325 e.